The number of hydrogen-bond donors (Lipinski definition) is 0. The topological polar surface area (TPSA) is 36.9 Å². The molecule has 2 rings (SSSR count). The average Bonchev–Trinajstić information content (AvgIpc) is 2.66. The van der Waals surface area contributed by atoms with Crippen molar-refractivity contribution >= 4 is 0 Å². The van der Waals surface area contributed by atoms with Gasteiger partial charge < -0.3 is 18.9 Å². The van der Waals surface area contributed by atoms with Crippen molar-refractivity contribution in [2.75, 3.05) is 39.6 Å². The highest BCUT2D eigenvalue weighted by Crippen LogP contribution is 2.06. The molecule has 0 aromatic heterocycles. The van der Waals surface area contributed by atoms with E-state index in [1.54, 1.807) is 0 Å². The summed E-state index contributed by atoms with van der Waals surface area (Å²) in [6.45, 7) is 8.92. The van der Waals surface area contributed by atoms with Crippen molar-refractivity contribution in [3.05, 3.63) is 0 Å². The van der Waals surface area contributed by atoms with Gasteiger partial charge in [-0.25, -0.2) is 0 Å². The summed E-state index contributed by atoms with van der Waals surface area (Å²) in [5.41, 5.74) is 0. The molecule has 0 bridgehead atoms. The Morgan fingerprint density at radius 2 is 1.53 bits per heavy atom. The maximum absolute atomic E-state index is 5.28. The monoisotopic (exact) mass is 218 g/mol. The van der Waals surface area contributed by atoms with Crippen molar-refractivity contribution in [1.29, 1.82) is 0 Å². The first kappa shape index (κ1) is 12.9. The van der Waals surface area contributed by atoms with Crippen LogP contribution in [-0.4, -0.2) is 51.8 Å². The molecule has 0 saturated carbocycles. The molecule has 2 fully saturated rings. The van der Waals surface area contributed by atoms with E-state index < -0.39 is 0 Å². The van der Waals surface area contributed by atoms with E-state index in [0.29, 0.717) is 12.2 Å². The summed E-state index contributed by atoms with van der Waals surface area (Å²) in [4.78, 5) is 0. The van der Waals surface area contributed by atoms with Gasteiger partial charge in [0.15, 0.2) is 0 Å². The first-order chi connectivity index (χ1) is 7.36. The number of hydrogen-bond acceptors (Lipinski definition) is 4. The van der Waals surface area contributed by atoms with E-state index in [4.69, 9.17) is 18.9 Å². The highest BCUT2D eigenvalue weighted by Gasteiger charge is 2.17. The van der Waals surface area contributed by atoms with Crippen molar-refractivity contribution < 1.29 is 18.9 Å². The SMILES string of the molecule is CCOC1CCOC1.CCOC1COC1. The first-order valence-corrected chi connectivity index (χ1v) is 5.75. The minimum atomic E-state index is 0.389. The largest absolute Gasteiger partial charge is 0.379 e. The molecule has 0 spiro atoms. The smallest absolute Gasteiger partial charge is 0.104 e. The third kappa shape index (κ3) is 5.47. The van der Waals surface area contributed by atoms with Gasteiger partial charge in [0.1, 0.15) is 6.10 Å². The summed E-state index contributed by atoms with van der Waals surface area (Å²) in [5.74, 6) is 0. The van der Waals surface area contributed by atoms with Crippen LogP contribution in [0.4, 0.5) is 0 Å². The normalized spacial score (nSPS) is 25.6. The Kier molecular flexibility index (Phi) is 6.92. The zero-order valence-corrected chi connectivity index (χ0v) is 9.74. The Morgan fingerprint density at radius 1 is 0.933 bits per heavy atom. The summed E-state index contributed by atoms with van der Waals surface area (Å²) < 4.78 is 20.4. The van der Waals surface area contributed by atoms with E-state index in [1.165, 1.54) is 0 Å². The van der Waals surface area contributed by atoms with Gasteiger partial charge in [-0.05, 0) is 20.3 Å². The Balaban J connectivity index is 0.000000151. The minimum absolute atomic E-state index is 0.389. The van der Waals surface area contributed by atoms with Crippen LogP contribution in [0.3, 0.4) is 0 Å². The van der Waals surface area contributed by atoms with Crippen LogP contribution >= 0.6 is 0 Å². The molecule has 2 saturated heterocycles. The average molecular weight is 218 g/mol. The minimum Gasteiger partial charge on any atom is -0.379 e. The van der Waals surface area contributed by atoms with Crippen molar-refractivity contribution in [2.24, 2.45) is 0 Å². The standard InChI is InChI=1S/C6H12O2.C5H10O2/c1-2-8-6-3-4-7-5-6;1-2-7-5-3-6-4-5/h6H,2-5H2,1H3;5H,2-4H2,1H3. The van der Waals surface area contributed by atoms with Gasteiger partial charge in [-0.1, -0.05) is 0 Å². The van der Waals surface area contributed by atoms with Gasteiger partial charge in [0.2, 0.25) is 0 Å². The molecule has 1 unspecified atom stereocenters. The Bertz CT molecular complexity index is 142. The lowest BCUT2D eigenvalue weighted by atomic mass is 10.3. The molecule has 0 N–H and O–H groups in total. The van der Waals surface area contributed by atoms with Gasteiger partial charge in [0.05, 0.1) is 25.9 Å². The molecule has 2 aliphatic rings. The second-order valence-electron chi connectivity index (χ2n) is 3.56. The molecule has 0 radical (unpaired) electrons. The van der Waals surface area contributed by atoms with Crippen LogP contribution in [0.25, 0.3) is 0 Å². The van der Waals surface area contributed by atoms with Crippen LogP contribution in [-0.2, 0) is 18.9 Å². The summed E-state index contributed by atoms with van der Waals surface area (Å²) in [6, 6.07) is 0. The molecule has 0 aliphatic carbocycles. The van der Waals surface area contributed by atoms with Crippen molar-refractivity contribution in [3.63, 3.8) is 0 Å². The third-order valence-corrected chi connectivity index (χ3v) is 2.30. The lowest BCUT2D eigenvalue weighted by Crippen LogP contribution is -2.35. The molecular weight excluding hydrogens is 196 g/mol. The van der Waals surface area contributed by atoms with Gasteiger partial charge in [0, 0.05) is 19.8 Å². The van der Waals surface area contributed by atoms with E-state index >= 15 is 0 Å². The van der Waals surface area contributed by atoms with Crippen molar-refractivity contribution in [3.8, 4) is 0 Å². The van der Waals surface area contributed by atoms with Crippen LogP contribution < -0.4 is 0 Å². The van der Waals surface area contributed by atoms with E-state index in [-0.39, 0.29) is 0 Å². The molecule has 0 amide bonds. The maximum atomic E-state index is 5.28. The predicted octanol–water partition coefficient (Wildman–Crippen LogP) is 1.23. The Morgan fingerprint density at radius 3 is 1.87 bits per heavy atom. The summed E-state index contributed by atoms with van der Waals surface area (Å²) in [7, 11) is 0. The highest BCUT2D eigenvalue weighted by molar-refractivity contribution is 4.63. The van der Waals surface area contributed by atoms with Gasteiger partial charge in [-0.2, -0.15) is 0 Å². The van der Waals surface area contributed by atoms with E-state index in [0.717, 1.165) is 46.1 Å². The number of rotatable bonds is 4. The van der Waals surface area contributed by atoms with Crippen LogP contribution in [0.15, 0.2) is 0 Å². The fourth-order valence-electron chi connectivity index (χ4n) is 1.43. The molecule has 90 valence electrons. The quantitative estimate of drug-likeness (QED) is 0.711. The Labute approximate surface area is 91.8 Å². The highest BCUT2D eigenvalue weighted by atomic mass is 16.6. The third-order valence-electron chi connectivity index (χ3n) is 2.30. The molecule has 2 heterocycles. The summed E-state index contributed by atoms with van der Waals surface area (Å²) in [6.07, 6.45) is 1.87. The fraction of sp³-hybridized carbons (Fsp3) is 1.00. The van der Waals surface area contributed by atoms with Gasteiger partial charge >= 0.3 is 0 Å². The molecule has 2 aliphatic heterocycles. The van der Waals surface area contributed by atoms with Crippen LogP contribution in [0.2, 0.25) is 0 Å². The van der Waals surface area contributed by atoms with Crippen LogP contribution in [0.5, 0.6) is 0 Å². The first-order valence-electron chi connectivity index (χ1n) is 5.75. The van der Waals surface area contributed by atoms with Gasteiger partial charge in [0.25, 0.3) is 0 Å². The van der Waals surface area contributed by atoms with E-state index in [9.17, 15) is 0 Å². The van der Waals surface area contributed by atoms with E-state index in [2.05, 4.69) is 0 Å². The van der Waals surface area contributed by atoms with E-state index in [1.807, 2.05) is 13.8 Å². The molecule has 0 aromatic carbocycles. The van der Waals surface area contributed by atoms with Crippen molar-refractivity contribution in [2.45, 2.75) is 32.5 Å². The van der Waals surface area contributed by atoms with Crippen LogP contribution in [0.1, 0.15) is 20.3 Å². The predicted molar refractivity (Wildman–Crippen MR) is 57.1 cm³/mol. The van der Waals surface area contributed by atoms with Gasteiger partial charge in [-0.3, -0.25) is 0 Å². The lowest BCUT2D eigenvalue weighted by molar-refractivity contribution is -0.126. The Hall–Kier alpha value is -0.160. The van der Waals surface area contributed by atoms with Crippen LogP contribution in [0, 0.1) is 0 Å². The fourth-order valence-corrected chi connectivity index (χ4v) is 1.43. The van der Waals surface area contributed by atoms with Crippen molar-refractivity contribution in [1.82, 2.24) is 0 Å². The summed E-state index contributed by atoms with van der Waals surface area (Å²) >= 11 is 0. The lowest BCUT2D eigenvalue weighted by Gasteiger charge is -2.25. The number of ether oxygens (including phenoxy) is 4. The molecule has 1 atom stereocenters. The molecule has 4 heteroatoms. The zero-order chi connectivity index (χ0) is 10.9. The molecule has 0 aromatic rings. The molecule has 4 nitrogen and oxygen atoms in total. The second kappa shape index (κ2) is 8.05. The van der Waals surface area contributed by atoms with Gasteiger partial charge in [-0.15, -0.1) is 0 Å². The summed E-state index contributed by atoms with van der Waals surface area (Å²) in [5, 5.41) is 0. The second-order valence-corrected chi connectivity index (χ2v) is 3.56. The zero-order valence-electron chi connectivity index (χ0n) is 9.74. The molecule has 15 heavy (non-hydrogen) atoms. The maximum Gasteiger partial charge on any atom is 0.104 e. The molecular formula is C11H22O4.